The van der Waals surface area contributed by atoms with E-state index in [-0.39, 0.29) is 12.1 Å². The van der Waals surface area contributed by atoms with E-state index in [0.29, 0.717) is 19.5 Å². The van der Waals surface area contributed by atoms with Crippen LogP contribution in [0.2, 0.25) is 0 Å². The summed E-state index contributed by atoms with van der Waals surface area (Å²) in [5.41, 5.74) is 0. The predicted molar refractivity (Wildman–Crippen MR) is 76.6 cm³/mol. The van der Waals surface area contributed by atoms with E-state index < -0.39 is 16.3 Å². The van der Waals surface area contributed by atoms with Gasteiger partial charge in [-0.25, -0.2) is 9.52 Å². The molecule has 1 fully saturated rings. The Morgan fingerprint density at radius 1 is 1.50 bits per heavy atom. The second-order valence-corrected chi connectivity index (χ2v) is 6.88. The van der Waals surface area contributed by atoms with Crippen molar-refractivity contribution in [1.82, 2.24) is 14.3 Å². The van der Waals surface area contributed by atoms with Crippen LogP contribution in [-0.4, -0.2) is 50.6 Å². The van der Waals surface area contributed by atoms with Gasteiger partial charge in [-0.15, -0.1) is 0 Å². The molecule has 20 heavy (non-hydrogen) atoms. The van der Waals surface area contributed by atoms with Crippen LogP contribution in [0.5, 0.6) is 0 Å². The zero-order chi connectivity index (χ0) is 15.2. The van der Waals surface area contributed by atoms with Crippen LogP contribution >= 0.6 is 0 Å². The van der Waals surface area contributed by atoms with E-state index in [9.17, 15) is 13.2 Å². The maximum absolute atomic E-state index is 12.2. The Labute approximate surface area is 121 Å². The third kappa shape index (κ3) is 5.64. The summed E-state index contributed by atoms with van der Waals surface area (Å²) in [6, 6.07) is 0.152. The van der Waals surface area contributed by atoms with Gasteiger partial charge in [-0.2, -0.15) is 12.7 Å². The molecule has 118 valence electrons. The molecule has 1 amide bonds. The smallest absolute Gasteiger partial charge is 0.422 e. The fourth-order valence-corrected chi connectivity index (χ4v) is 3.31. The minimum absolute atomic E-state index is 0.152. The average molecular weight is 307 g/mol. The molecule has 0 aromatic rings. The number of hydrogen-bond donors (Lipinski definition) is 2. The van der Waals surface area contributed by atoms with Crippen molar-refractivity contribution in [3.63, 3.8) is 0 Å². The van der Waals surface area contributed by atoms with Gasteiger partial charge in [0.1, 0.15) is 0 Å². The van der Waals surface area contributed by atoms with Gasteiger partial charge in [-0.1, -0.05) is 6.92 Å². The quantitative estimate of drug-likeness (QED) is 0.727. The molecule has 1 aliphatic heterocycles. The summed E-state index contributed by atoms with van der Waals surface area (Å²) in [6.07, 6.45) is 1.40. The van der Waals surface area contributed by atoms with Gasteiger partial charge >= 0.3 is 16.3 Å². The topological polar surface area (TPSA) is 87.7 Å². The largest absolute Gasteiger partial charge is 0.446 e. The Morgan fingerprint density at radius 2 is 2.20 bits per heavy atom. The van der Waals surface area contributed by atoms with Gasteiger partial charge in [0.05, 0.1) is 6.10 Å². The standard InChI is InChI=1S/C12H25N3O4S/c1-4-8-15(9-11-6-5-7-13-11)20(17,18)14-12(16)19-10(2)3/h10-11,13H,4-9H2,1-3H3,(H,14,16). The third-order valence-corrected chi connectivity index (χ3v) is 4.39. The predicted octanol–water partition coefficient (Wildman–Crippen LogP) is 0.830. The molecule has 1 atom stereocenters. The Balaban J connectivity index is 2.64. The Morgan fingerprint density at radius 3 is 2.70 bits per heavy atom. The fraction of sp³-hybridized carbons (Fsp3) is 0.917. The SMILES string of the molecule is CCCN(CC1CCCN1)S(=O)(=O)NC(=O)OC(C)C. The summed E-state index contributed by atoms with van der Waals surface area (Å²) >= 11 is 0. The Kier molecular flexibility index (Phi) is 6.70. The van der Waals surface area contributed by atoms with E-state index in [2.05, 4.69) is 5.32 Å². The first kappa shape index (κ1) is 17.2. The maximum Gasteiger partial charge on any atom is 0.422 e. The number of rotatable bonds is 7. The number of amides is 1. The van der Waals surface area contributed by atoms with Crippen LogP contribution in [0.3, 0.4) is 0 Å². The summed E-state index contributed by atoms with van der Waals surface area (Å²) in [4.78, 5) is 11.5. The van der Waals surface area contributed by atoms with Gasteiger partial charge in [0.15, 0.2) is 0 Å². The fourth-order valence-electron chi connectivity index (χ4n) is 2.13. The molecule has 0 aromatic heterocycles. The molecule has 0 saturated carbocycles. The lowest BCUT2D eigenvalue weighted by Crippen LogP contribution is -2.48. The molecule has 0 aliphatic carbocycles. The van der Waals surface area contributed by atoms with Crippen LogP contribution in [-0.2, 0) is 14.9 Å². The molecule has 8 heteroatoms. The number of nitrogens with zero attached hydrogens (tertiary/aromatic N) is 1. The summed E-state index contributed by atoms with van der Waals surface area (Å²) < 4.78 is 32.4. The van der Waals surface area contributed by atoms with Gasteiger partial charge in [-0.05, 0) is 39.7 Å². The molecule has 0 aromatic carbocycles. The molecule has 1 unspecified atom stereocenters. The molecule has 1 saturated heterocycles. The number of carbonyl (C=O) groups excluding carboxylic acids is 1. The van der Waals surface area contributed by atoms with Gasteiger partial charge < -0.3 is 10.1 Å². The zero-order valence-corrected chi connectivity index (χ0v) is 13.2. The molecule has 0 spiro atoms. The second-order valence-electron chi connectivity index (χ2n) is 5.21. The van der Waals surface area contributed by atoms with Crippen LogP contribution in [0.4, 0.5) is 4.79 Å². The molecule has 0 bridgehead atoms. The molecule has 1 rings (SSSR count). The van der Waals surface area contributed by atoms with E-state index >= 15 is 0 Å². The minimum atomic E-state index is -3.85. The highest BCUT2D eigenvalue weighted by atomic mass is 32.2. The van der Waals surface area contributed by atoms with E-state index in [1.54, 1.807) is 13.8 Å². The molecule has 7 nitrogen and oxygen atoms in total. The Bertz CT molecular complexity index is 405. The van der Waals surface area contributed by atoms with Crippen molar-refractivity contribution in [2.75, 3.05) is 19.6 Å². The van der Waals surface area contributed by atoms with Gasteiger partial charge in [0.2, 0.25) is 0 Å². The van der Waals surface area contributed by atoms with E-state index in [0.717, 1.165) is 19.4 Å². The number of ether oxygens (including phenoxy) is 1. The highest BCUT2D eigenvalue weighted by Gasteiger charge is 2.28. The highest BCUT2D eigenvalue weighted by Crippen LogP contribution is 2.10. The molecule has 1 aliphatic rings. The van der Waals surface area contributed by atoms with Crippen molar-refractivity contribution in [3.05, 3.63) is 0 Å². The molecular formula is C12H25N3O4S. The molecule has 1 heterocycles. The van der Waals surface area contributed by atoms with Gasteiger partial charge in [-0.3, -0.25) is 0 Å². The zero-order valence-electron chi connectivity index (χ0n) is 12.4. The van der Waals surface area contributed by atoms with Crippen LogP contribution in [0.25, 0.3) is 0 Å². The number of nitrogens with one attached hydrogen (secondary N) is 2. The summed E-state index contributed by atoms with van der Waals surface area (Å²) in [7, 11) is -3.85. The van der Waals surface area contributed by atoms with Crippen molar-refractivity contribution in [1.29, 1.82) is 0 Å². The molecular weight excluding hydrogens is 282 g/mol. The summed E-state index contributed by atoms with van der Waals surface area (Å²) in [5.74, 6) is 0. The second kappa shape index (κ2) is 7.80. The molecule has 2 N–H and O–H groups in total. The van der Waals surface area contributed by atoms with E-state index in [1.165, 1.54) is 4.31 Å². The van der Waals surface area contributed by atoms with Gasteiger partial charge in [0.25, 0.3) is 0 Å². The third-order valence-electron chi connectivity index (χ3n) is 2.95. The highest BCUT2D eigenvalue weighted by molar-refractivity contribution is 7.87. The maximum atomic E-state index is 12.2. The lowest BCUT2D eigenvalue weighted by atomic mass is 10.2. The number of hydrogen-bond acceptors (Lipinski definition) is 5. The van der Waals surface area contributed by atoms with Crippen molar-refractivity contribution in [2.24, 2.45) is 0 Å². The first-order chi connectivity index (χ1) is 9.35. The summed E-state index contributed by atoms with van der Waals surface area (Å²) in [5, 5.41) is 3.25. The van der Waals surface area contributed by atoms with Crippen LogP contribution in [0, 0.1) is 0 Å². The Hall–Kier alpha value is -0.860. The van der Waals surface area contributed by atoms with Gasteiger partial charge in [0, 0.05) is 19.1 Å². The van der Waals surface area contributed by atoms with Crippen LogP contribution < -0.4 is 10.0 Å². The van der Waals surface area contributed by atoms with E-state index in [4.69, 9.17) is 4.74 Å². The first-order valence-corrected chi connectivity index (χ1v) is 8.51. The van der Waals surface area contributed by atoms with Crippen molar-refractivity contribution >= 4 is 16.3 Å². The van der Waals surface area contributed by atoms with Crippen molar-refractivity contribution in [3.8, 4) is 0 Å². The van der Waals surface area contributed by atoms with E-state index in [1.807, 2.05) is 11.6 Å². The van der Waals surface area contributed by atoms with Crippen LogP contribution in [0.15, 0.2) is 0 Å². The number of carbonyl (C=O) groups is 1. The first-order valence-electron chi connectivity index (χ1n) is 7.07. The average Bonchev–Trinajstić information content (AvgIpc) is 2.79. The normalized spacial score (nSPS) is 19.6. The lowest BCUT2D eigenvalue weighted by Gasteiger charge is -2.24. The van der Waals surface area contributed by atoms with Crippen molar-refractivity contribution in [2.45, 2.75) is 52.2 Å². The minimum Gasteiger partial charge on any atom is -0.446 e. The monoisotopic (exact) mass is 307 g/mol. The lowest BCUT2D eigenvalue weighted by molar-refractivity contribution is 0.121. The molecule has 0 radical (unpaired) electrons. The van der Waals surface area contributed by atoms with Crippen LogP contribution in [0.1, 0.15) is 40.0 Å². The summed E-state index contributed by atoms with van der Waals surface area (Å²) in [6.45, 7) is 6.89. The van der Waals surface area contributed by atoms with Crippen molar-refractivity contribution < 1.29 is 17.9 Å².